The fraction of sp³-hybridized carbons (Fsp3) is 0.483. The van der Waals surface area contributed by atoms with Gasteiger partial charge in [0.05, 0.1) is 7.11 Å². The van der Waals surface area contributed by atoms with E-state index in [0.717, 1.165) is 73.1 Å². The minimum Gasteiger partial charge on any atom is -0.481 e. The van der Waals surface area contributed by atoms with Gasteiger partial charge in [0.2, 0.25) is 5.88 Å². The van der Waals surface area contributed by atoms with E-state index in [1.54, 1.807) is 7.11 Å². The number of rotatable bonds is 5. The number of nitrogens with one attached hydrogen (secondary N) is 2. The van der Waals surface area contributed by atoms with Crippen molar-refractivity contribution in [3.63, 3.8) is 0 Å². The number of hydrogen-bond acceptors (Lipinski definition) is 5. The normalized spacial score (nSPS) is 20.8. The third kappa shape index (κ3) is 6.24. The number of benzene rings is 1. The van der Waals surface area contributed by atoms with Crippen LogP contribution in [0.15, 0.2) is 36.4 Å². The zero-order valence-corrected chi connectivity index (χ0v) is 22.0. The van der Waals surface area contributed by atoms with Gasteiger partial charge in [0.15, 0.2) is 0 Å². The number of carbonyl (C=O) groups excluding carboxylic acids is 1. The lowest BCUT2D eigenvalue weighted by Crippen LogP contribution is -2.44. The molecule has 1 aromatic heterocycles. The second-order valence-corrected chi connectivity index (χ2v) is 9.85. The topological polar surface area (TPSA) is 104 Å². The van der Waals surface area contributed by atoms with Crippen LogP contribution in [0.1, 0.15) is 71.8 Å². The minimum atomic E-state index is -0.956. The van der Waals surface area contributed by atoms with Gasteiger partial charge in [-0.2, -0.15) is 0 Å². The van der Waals surface area contributed by atoms with Crippen molar-refractivity contribution < 1.29 is 19.4 Å². The van der Waals surface area contributed by atoms with Crippen molar-refractivity contribution in [2.45, 2.75) is 77.4 Å². The molecule has 0 bridgehead atoms. The number of nitrogens with zero attached hydrogens (tertiary/aromatic N) is 2. The van der Waals surface area contributed by atoms with E-state index in [1.165, 1.54) is 0 Å². The van der Waals surface area contributed by atoms with E-state index in [4.69, 9.17) is 9.84 Å². The van der Waals surface area contributed by atoms with Crippen molar-refractivity contribution >= 4 is 17.7 Å². The van der Waals surface area contributed by atoms with Gasteiger partial charge in [-0.15, -0.1) is 0 Å². The fourth-order valence-corrected chi connectivity index (χ4v) is 5.74. The van der Waals surface area contributed by atoms with Crippen molar-refractivity contribution in [3.8, 4) is 5.88 Å². The summed E-state index contributed by atoms with van der Waals surface area (Å²) in [6.45, 7) is 5.28. The molecule has 0 saturated heterocycles. The summed E-state index contributed by atoms with van der Waals surface area (Å²) in [5, 5.41) is 14.8. The summed E-state index contributed by atoms with van der Waals surface area (Å²) in [7, 11) is 1.62. The number of carboxylic acid groups (broad SMARTS) is 1. The number of allylic oxidation sites excluding steroid dienone is 2. The van der Waals surface area contributed by atoms with E-state index in [0.29, 0.717) is 30.5 Å². The molecule has 198 valence electrons. The van der Waals surface area contributed by atoms with E-state index in [9.17, 15) is 9.59 Å². The molecule has 0 radical (unpaired) electrons. The largest absolute Gasteiger partial charge is 0.481 e. The number of amides is 2. The van der Waals surface area contributed by atoms with Crippen LogP contribution in [0, 0.1) is 6.92 Å². The predicted molar refractivity (Wildman–Crippen MR) is 145 cm³/mol. The van der Waals surface area contributed by atoms with E-state index in [1.807, 2.05) is 19.1 Å². The van der Waals surface area contributed by atoms with Gasteiger partial charge in [-0.05, 0) is 88.1 Å². The molecular weight excluding hydrogens is 468 g/mol. The first-order valence-corrected chi connectivity index (χ1v) is 13.3. The lowest BCUT2D eigenvalue weighted by atomic mass is 9.89. The summed E-state index contributed by atoms with van der Waals surface area (Å²) in [4.78, 5) is 31.5. The maximum absolute atomic E-state index is 13.5. The van der Waals surface area contributed by atoms with Gasteiger partial charge in [0.25, 0.3) is 5.91 Å². The Kier molecular flexibility index (Phi) is 8.69. The molecule has 8 heteroatoms. The summed E-state index contributed by atoms with van der Waals surface area (Å²) in [5.74, 6) is 0.459. The molecule has 1 aliphatic heterocycles. The van der Waals surface area contributed by atoms with Crippen LogP contribution in [-0.4, -0.2) is 47.8 Å². The molecule has 2 aromatic rings. The molecule has 0 atom stereocenters. The minimum absolute atomic E-state index is 0.00987. The number of aryl methyl sites for hydroxylation is 2. The summed E-state index contributed by atoms with van der Waals surface area (Å²) in [6, 6.07) is 8.37. The molecular formula is C29H38N4O4. The molecule has 1 aliphatic carbocycles. The maximum atomic E-state index is 13.5. The highest BCUT2D eigenvalue weighted by Crippen LogP contribution is 2.32. The van der Waals surface area contributed by atoms with Gasteiger partial charge in [-0.3, -0.25) is 4.79 Å². The Morgan fingerprint density at radius 3 is 2.70 bits per heavy atom. The Bertz CT molecular complexity index is 1150. The Balaban J connectivity index is 1.62. The van der Waals surface area contributed by atoms with E-state index < -0.39 is 6.09 Å². The number of fused-ring (bicyclic) bond motifs is 2. The highest BCUT2D eigenvalue weighted by Gasteiger charge is 2.28. The van der Waals surface area contributed by atoms with Crippen LogP contribution in [0.4, 0.5) is 10.5 Å². The average molecular weight is 507 g/mol. The number of methoxy groups -OCH3 is 1. The first-order valence-electron chi connectivity index (χ1n) is 13.3. The fourth-order valence-electron chi connectivity index (χ4n) is 5.74. The molecule has 1 fully saturated rings. The first kappa shape index (κ1) is 26.5. The number of aromatic nitrogens is 1. The highest BCUT2D eigenvalue weighted by molar-refractivity contribution is 5.97. The number of anilines is 1. The molecule has 0 spiro atoms. The molecule has 4 rings (SSSR count). The van der Waals surface area contributed by atoms with Crippen LogP contribution in [0.5, 0.6) is 5.88 Å². The van der Waals surface area contributed by atoms with Gasteiger partial charge in [0, 0.05) is 47.7 Å². The Labute approximate surface area is 219 Å². The first-order chi connectivity index (χ1) is 17.9. The number of carbonyl (C=O) groups is 2. The Morgan fingerprint density at radius 2 is 2.00 bits per heavy atom. The van der Waals surface area contributed by atoms with Crippen molar-refractivity contribution in [1.29, 1.82) is 0 Å². The van der Waals surface area contributed by atoms with Crippen molar-refractivity contribution in [1.82, 2.24) is 15.6 Å². The second-order valence-electron chi connectivity index (χ2n) is 9.85. The molecule has 37 heavy (non-hydrogen) atoms. The molecule has 0 unspecified atom stereocenters. The number of hydrogen-bond donors (Lipinski definition) is 3. The zero-order valence-electron chi connectivity index (χ0n) is 22.0. The average Bonchev–Trinajstić information content (AvgIpc) is 2.88. The van der Waals surface area contributed by atoms with Gasteiger partial charge in [0.1, 0.15) is 0 Å². The summed E-state index contributed by atoms with van der Waals surface area (Å²) >= 11 is 0. The van der Waals surface area contributed by atoms with Crippen LogP contribution in [-0.2, 0) is 19.4 Å². The molecule has 1 aromatic carbocycles. The standard InChI is InChI=1S/C29H38N4O4/c1-4-33(22-15-13-21(14-16-22)32-29(35)36)26-12-8-11-24-23(26)10-7-5-6-9-20-17-19(2)31-28(37-3)25(20)18-30-27(24)34/h5,7-8,11-12,17,21-22,32H,4,6,9-10,13-16,18H2,1-3H3,(H,30,34)(H,35,36)/b7-5-/t21-,22+. The third-order valence-corrected chi connectivity index (χ3v) is 7.51. The summed E-state index contributed by atoms with van der Waals surface area (Å²) < 4.78 is 5.56. The lowest BCUT2D eigenvalue weighted by molar-refractivity contribution is 0.0949. The van der Waals surface area contributed by atoms with Crippen molar-refractivity contribution in [2.75, 3.05) is 18.6 Å². The van der Waals surface area contributed by atoms with Gasteiger partial charge >= 0.3 is 6.09 Å². The van der Waals surface area contributed by atoms with Crippen LogP contribution >= 0.6 is 0 Å². The quantitative estimate of drug-likeness (QED) is 0.505. The number of pyridine rings is 1. The van der Waals surface area contributed by atoms with Gasteiger partial charge < -0.3 is 25.4 Å². The smallest absolute Gasteiger partial charge is 0.404 e. The van der Waals surface area contributed by atoms with E-state index in [2.05, 4.69) is 51.7 Å². The molecule has 2 heterocycles. The maximum Gasteiger partial charge on any atom is 0.404 e. The monoisotopic (exact) mass is 506 g/mol. The van der Waals surface area contributed by atoms with Crippen LogP contribution in [0.3, 0.4) is 0 Å². The molecule has 8 nitrogen and oxygen atoms in total. The lowest BCUT2D eigenvalue weighted by Gasteiger charge is -2.39. The molecule has 2 aliphatic rings. The third-order valence-electron chi connectivity index (χ3n) is 7.51. The Hall–Kier alpha value is -3.55. The van der Waals surface area contributed by atoms with Crippen LogP contribution < -0.4 is 20.3 Å². The van der Waals surface area contributed by atoms with E-state index >= 15 is 0 Å². The summed E-state index contributed by atoms with van der Waals surface area (Å²) in [5.41, 5.74) is 5.77. The number of ether oxygens (including phenoxy) is 1. The Morgan fingerprint density at radius 1 is 1.22 bits per heavy atom. The van der Waals surface area contributed by atoms with Gasteiger partial charge in [-0.25, -0.2) is 9.78 Å². The van der Waals surface area contributed by atoms with E-state index in [-0.39, 0.29) is 11.9 Å². The van der Waals surface area contributed by atoms with Gasteiger partial charge in [-0.1, -0.05) is 18.2 Å². The predicted octanol–water partition coefficient (Wildman–Crippen LogP) is 4.78. The van der Waals surface area contributed by atoms with Crippen molar-refractivity contribution in [2.24, 2.45) is 0 Å². The van der Waals surface area contributed by atoms with Crippen molar-refractivity contribution in [3.05, 3.63) is 64.4 Å². The van der Waals surface area contributed by atoms with Crippen LogP contribution in [0.2, 0.25) is 0 Å². The molecule has 1 saturated carbocycles. The molecule has 3 N–H and O–H groups in total. The second kappa shape index (κ2) is 12.1. The highest BCUT2D eigenvalue weighted by atomic mass is 16.5. The summed E-state index contributed by atoms with van der Waals surface area (Å²) in [6.07, 6.45) is 9.29. The zero-order chi connectivity index (χ0) is 26.4. The molecule has 2 amide bonds. The van der Waals surface area contributed by atoms with Crippen LogP contribution in [0.25, 0.3) is 0 Å². The SMILES string of the molecule is CCN(c1cccc2c1C/C=C\CCc1cc(C)nc(OC)c1CNC2=O)[C@H]1CC[C@@H](NC(=O)O)CC1.